The van der Waals surface area contributed by atoms with Crippen molar-refractivity contribution in [3.8, 4) is 23.5 Å². The van der Waals surface area contributed by atoms with Gasteiger partial charge < -0.3 is 9.47 Å². The average Bonchev–Trinajstić information content (AvgIpc) is 3.71. The van der Waals surface area contributed by atoms with Crippen LogP contribution in [0.4, 0.5) is 8.78 Å². The Hall–Kier alpha value is -5.68. The third kappa shape index (κ3) is 5.94. The van der Waals surface area contributed by atoms with Crippen LogP contribution < -0.4 is 0 Å². The largest absolute Gasteiger partial charge is 0.352 e. The van der Waals surface area contributed by atoms with E-state index in [4.69, 9.17) is 14.7 Å². The Morgan fingerprint density at radius 3 is 1.88 bits per heavy atom. The van der Waals surface area contributed by atoms with Gasteiger partial charge >= 0.3 is 0 Å². The van der Waals surface area contributed by atoms with E-state index in [-0.39, 0.29) is 11.6 Å². The van der Waals surface area contributed by atoms with Gasteiger partial charge in [-0.3, -0.25) is 0 Å². The molecule has 2 heterocycles. The number of nitrogens with zero attached hydrogens (tertiary/aromatic N) is 6. The summed E-state index contributed by atoms with van der Waals surface area (Å²) in [6, 6.07) is 25.4. The summed E-state index contributed by atoms with van der Waals surface area (Å²) in [7, 11) is 3.17. The van der Waals surface area contributed by atoms with Crippen molar-refractivity contribution >= 4 is 27.4 Å². The molecule has 1 unspecified atom stereocenters. The summed E-state index contributed by atoms with van der Waals surface area (Å²) in [5.74, 6) is -2.01. The molecule has 0 radical (unpaired) electrons. The minimum atomic E-state index is -0.944. The first-order chi connectivity index (χ1) is 24.4. The lowest BCUT2D eigenvalue weighted by Crippen LogP contribution is -2.39. The Kier molecular flexibility index (Phi) is 8.98. The fourth-order valence-electron chi connectivity index (χ4n) is 7.25. The van der Waals surface area contributed by atoms with Crippen molar-refractivity contribution in [2.24, 2.45) is 0 Å². The first kappa shape index (κ1) is 32.8. The number of ether oxygens (including phenoxy) is 2. The van der Waals surface area contributed by atoms with Gasteiger partial charge in [-0.2, -0.15) is 20.7 Å². The van der Waals surface area contributed by atoms with Gasteiger partial charge in [0.1, 0.15) is 17.6 Å². The van der Waals surface area contributed by atoms with Gasteiger partial charge in [0.25, 0.3) is 0 Å². The molecule has 8 rings (SSSR count). The van der Waals surface area contributed by atoms with Crippen LogP contribution >= 0.6 is 0 Å². The minimum absolute atomic E-state index is 0.256. The molecule has 1 atom stereocenters. The lowest BCUT2D eigenvalue weighted by molar-refractivity contribution is -0.216. The number of halogens is 2. The lowest BCUT2D eigenvalue weighted by Gasteiger charge is -2.34. The van der Waals surface area contributed by atoms with Gasteiger partial charge in [-0.25, -0.2) is 18.1 Å². The quantitative estimate of drug-likeness (QED) is 0.106. The van der Waals surface area contributed by atoms with Crippen molar-refractivity contribution in [2.75, 3.05) is 14.2 Å². The highest BCUT2D eigenvalue weighted by atomic mass is 19.1. The second-order valence-electron chi connectivity index (χ2n) is 12.5. The number of fused-ring (bicyclic) bond motifs is 4. The number of aromatic nitrogens is 4. The molecule has 0 spiro atoms. The van der Waals surface area contributed by atoms with E-state index in [0.29, 0.717) is 6.42 Å². The standard InChI is InChI=1S/C21H20FN3O2.C19H14FN3/c1-26-21(27-2)9-3-4-14-11-20-15(10-18(14)19(21)12-23)13-24-25(20)17-7-5-16(22)6-8-17;20-16-4-6-17(7-5-16)23-19-11-14-3-1-2-13(8-9-21)18(14)10-15(19)12-22-23/h5-8,10-11,13,19H,3-4,9H2,1-2H3;4-8,10-12H,1-3H2. The molecule has 4 aromatic carbocycles. The maximum Gasteiger partial charge on any atom is 0.187 e. The molecule has 0 saturated carbocycles. The van der Waals surface area contributed by atoms with Crippen molar-refractivity contribution in [2.45, 2.75) is 50.2 Å². The van der Waals surface area contributed by atoms with Crippen molar-refractivity contribution < 1.29 is 18.3 Å². The Labute approximate surface area is 288 Å². The van der Waals surface area contributed by atoms with Crippen LogP contribution in [0.1, 0.15) is 53.9 Å². The normalized spacial score (nSPS) is 17.2. The van der Waals surface area contributed by atoms with Crippen LogP contribution in [0.5, 0.6) is 0 Å². The van der Waals surface area contributed by atoms with Gasteiger partial charge in [0.05, 0.1) is 46.9 Å². The van der Waals surface area contributed by atoms with Crippen molar-refractivity contribution in [1.82, 2.24) is 19.6 Å². The molecule has 250 valence electrons. The first-order valence-electron chi connectivity index (χ1n) is 16.5. The molecular weight excluding hydrogens is 634 g/mol. The number of methoxy groups -OCH3 is 2. The zero-order valence-electron chi connectivity index (χ0n) is 27.7. The maximum atomic E-state index is 13.3. The molecule has 6 aromatic rings. The summed E-state index contributed by atoms with van der Waals surface area (Å²) in [6.07, 6.45) is 10.5. The minimum Gasteiger partial charge on any atom is -0.352 e. The Bertz CT molecular complexity index is 2310. The number of nitriles is 2. The molecule has 2 aliphatic carbocycles. The third-order valence-corrected chi connectivity index (χ3v) is 9.78. The van der Waals surface area contributed by atoms with E-state index in [1.807, 2.05) is 16.9 Å². The molecule has 50 heavy (non-hydrogen) atoms. The Balaban J connectivity index is 0.000000159. The molecule has 0 amide bonds. The Morgan fingerprint density at radius 1 is 0.760 bits per heavy atom. The van der Waals surface area contributed by atoms with Gasteiger partial charge in [0.2, 0.25) is 0 Å². The molecule has 0 saturated heterocycles. The lowest BCUT2D eigenvalue weighted by atomic mass is 9.86. The SMILES string of the molecule is COC1(OC)CCCc2cc3c(cnn3-c3ccc(F)cc3)cc2C1C#N.N#CC=C1CCCc2cc3c(cnn3-c3ccc(F)cc3)cc21. The maximum absolute atomic E-state index is 13.3. The number of allylic oxidation sites excluding steroid dienone is 2. The van der Waals surface area contributed by atoms with E-state index < -0.39 is 11.7 Å². The monoisotopic (exact) mass is 668 g/mol. The highest BCUT2D eigenvalue weighted by Crippen LogP contribution is 2.42. The van der Waals surface area contributed by atoms with E-state index in [1.54, 1.807) is 55.4 Å². The summed E-state index contributed by atoms with van der Waals surface area (Å²) >= 11 is 0. The van der Waals surface area contributed by atoms with Crippen molar-refractivity contribution in [3.63, 3.8) is 0 Å². The zero-order valence-corrected chi connectivity index (χ0v) is 27.7. The fourth-order valence-corrected chi connectivity index (χ4v) is 7.25. The van der Waals surface area contributed by atoms with Gasteiger partial charge in [-0.1, -0.05) is 0 Å². The van der Waals surface area contributed by atoms with Crippen LogP contribution in [0.25, 0.3) is 38.8 Å². The number of hydrogen-bond donors (Lipinski definition) is 0. The molecule has 0 N–H and O–H groups in total. The van der Waals surface area contributed by atoms with E-state index >= 15 is 0 Å². The van der Waals surface area contributed by atoms with Crippen LogP contribution in [0.3, 0.4) is 0 Å². The Morgan fingerprint density at radius 2 is 1.32 bits per heavy atom. The molecule has 2 aromatic heterocycles. The third-order valence-electron chi connectivity index (χ3n) is 9.78. The summed E-state index contributed by atoms with van der Waals surface area (Å²) in [6.45, 7) is 0. The fraction of sp³-hybridized carbons (Fsp3) is 0.250. The van der Waals surface area contributed by atoms with Gasteiger partial charge in [-0.05, 0) is 133 Å². The topological polar surface area (TPSA) is 102 Å². The molecule has 10 heteroatoms. The number of hydrogen-bond acceptors (Lipinski definition) is 6. The summed E-state index contributed by atoms with van der Waals surface area (Å²) < 4.78 is 41.3. The van der Waals surface area contributed by atoms with E-state index in [9.17, 15) is 14.0 Å². The number of rotatable bonds is 4. The summed E-state index contributed by atoms with van der Waals surface area (Å²) in [4.78, 5) is 0. The van der Waals surface area contributed by atoms with Crippen molar-refractivity contribution in [3.05, 3.63) is 125 Å². The van der Waals surface area contributed by atoms with Crippen LogP contribution in [0, 0.1) is 34.3 Å². The predicted molar refractivity (Wildman–Crippen MR) is 187 cm³/mol. The molecule has 0 bridgehead atoms. The molecule has 2 aliphatic rings. The zero-order chi connectivity index (χ0) is 34.8. The van der Waals surface area contributed by atoms with Crippen LogP contribution in [0.15, 0.2) is 91.3 Å². The van der Waals surface area contributed by atoms with E-state index in [1.165, 1.54) is 29.8 Å². The smallest absolute Gasteiger partial charge is 0.187 e. The highest BCUT2D eigenvalue weighted by molar-refractivity contribution is 5.87. The average molecular weight is 669 g/mol. The molecule has 0 aliphatic heterocycles. The van der Waals surface area contributed by atoms with Crippen LogP contribution in [-0.2, 0) is 22.3 Å². The molecular formula is C40H34F2N6O2. The number of aryl methyl sites for hydroxylation is 2. The van der Waals surface area contributed by atoms with Gasteiger partial charge in [0, 0.05) is 37.5 Å². The summed E-state index contributed by atoms with van der Waals surface area (Å²) in [5.41, 5.74) is 9.08. The van der Waals surface area contributed by atoms with Crippen molar-refractivity contribution in [1.29, 1.82) is 10.5 Å². The molecule has 0 fully saturated rings. The van der Waals surface area contributed by atoms with E-state index in [0.717, 1.165) is 87.5 Å². The predicted octanol–water partition coefficient (Wildman–Crippen LogP) is 8.51. The van der Waals surface area contributed by atoms with Crippen LogP contribution in [0.2, 0.25) is 0 Å². The number of benzene rings is 4. The van der Waals surface area contributed by atoms with E-state index in [2.05, 4.69) is 40.5 Å². The second kappa shape index (κ2) is 13.7. The van der Waals surface area contributed by atoms with Gasteiger partial charge in [-0.15, -0.1) is 0 Å². The van der Waals surface area contributed by atoms with Gasteiger partial charge in [0.15, 0.2) is 5.79 Å². The summed E-state index contributed by atoms with van der Waals surface area (Å²) in [5, 5.41) is 29.7. The van der Waals surface area contributed by atoms with Crippen LogP contribution in [-0.4, -0.2) is 39.6 Å². The first-order valence-corrected chi connectivity index (χ1v) is 16.5. The highest BCUT2D eigenvalue weighted by Gasteiger charge is 2.43. The second-order valence-corrected chi connectivity index (χ2v) is 12.5. The molecule has 8 nitrogen and oxygen atoms in total.